The third kappa shape index (κ3) is 6.93. The summed E-state index contributed by atoms with van der Waals surface area (Å²) in [7, 11) is -3.44. The average molecular weight is 566 g/mol. The quantitative estimate of drug-likeness (QED) is 0.204. The summed E-state index contributed by atoms with van der Waals surface area (Å²) in [5.41, 5.74) is 7.13. The Morgan fingerprint density at radius 1 is 1.02 bits per heavy atom. The molecule has 3 aromatic rings. The van der Waals surface area contributed by atoms with E-state index in [-0.39, 0.29) is 28.6 Å². The lowest BCUT2D eigenvalue weighted by molar-refractivity contribution is -0.128. The number of amidine groups is 1. The number of rotatable bonds is 13. The first-order valence-corrected chi connectivity index (χ1v) is 14.8. The summed E-state index contributed by atoms with van der Waals surface area (Å²) in [5.74, 6) is 0.868. The van der Waals surface area contributed by atoms with Crippen LogP contribution in [0.1, 0.15) is 56.4 Å². The van der Waals surface area contributed by atoms with E-state index in [1.54, 1.807) is 66.7 Å². The van der Waals surface area contributed by atoms with Crippen LogP contribution in [0.4, 0.5) is 0 Å². The van der Waals surface area contributed by atoms with E-state index in [0.29, 0.717) is 53.4 Å². The number of hydrogen-bond donors (Lipinski definition) is 3. The summed E-state index contributed by atoms with van der Waals surface area (Å²) in [6.45, 7) is 6.09. The van der Waals surface area contributed by atoms with Crippen molar-refractivity contribution in [2.75, 3.05) is 6.61 Å². The van der Waals surface area contributed by atoms with Gasteiger partial charge < -0.3 is 25.3 Å². The molecule has 1 saturated carbocycles. The SMILES string of the molecule is CCOc1cc(C(Oc2ccc(C(=N)N)cc2)C(=O)NCc2ccccc2S(=O)(=O)C2CC2)ccc1OC(C)C. The lowest BCUT2D eigenvalue weighted by Crippen LogP contribution is -2.32. The number of sulfone groups is 1. The van der Waals surface area contributed by atoms with Gasteiger partial charge in [-0.15, -0.1) is 0 Å². The number of nitrogen functional groups attached to an aromatic ring is 1. The Hall–Kier alpha value is -4.05. The summed E-state index contributed by atoms with van der Waals surface area (Å²) in [4.78, 5) is 13.9. The molecule has 4 rings (SSSR count). The van der Waals surface area contributed by atoms with Crippen LogP contribution in [0, 0.1) is 5.41 Å². The van der Waals surface area contributed by atoms with Gasteiger partial charge in [-0.05, 0) is 81.6 Å². The molecule has 1 fully saturated rings. The van der Waals surface area contributed by atoms with Crippen molar-refractivity contribution in [2.24, 2.45) is 5.73 Å². The van der Waals surface area contributed by atoms with Crippen molar-refractivity contribution in [3.05, 3.63) is 83.4 Å². The van der Waals surface area contributed by atoms with Gasteiger partial charge in [-0.3, -0.25) is 10.2 Å². The molecule has 1 amide bonds. The van der Waals surface area contributed by atoms with Crippen LogP contribution in [0.2, 0.25) is 0 Å². The van der Waals surface area contributed by atoms with E-state index in [0.717, 1.165) is 0 Å². The van der Waals surface area contributed by atoms with Crippen LogP contribution in [0.15, 0.2) is 71.6 Å². The summed E-state index contributed by atoms with van der Waals surface area (Å²) in [6, 6.07) is 18.4. The second-order valence-electron chi connectivity index (χ2n) is 9.81. The summed E-state index contributed by atoms with van der Waals surface area (Å²) in [6.07, 6.45) is 0.134. The zero-order valence-electron chi connectivity index (χ0n) is 22.8. The molecule has 1 atom stereocenters. The summed E-state index contributed by atoms with van der Waals surface area (Å²) in [5, 5.41) is 10.1. The Balaban J connectivity index is 1.63. The molecule has 4 N–H and O–H groups in total. The molecular formula is C30H35N3O6S. The Morgan fingerprint density at radius 2 is 1.73 bits per heavy atom. The molecule has 0 saturated heterocycles. The van der Waals surface area contributed by atoms with Crippen LogP contribution < -0.4 is 25.3 Å². The minimum absolute atomic E-state index is 0.0109. The van der Waals surface area contributed by atoms with E-state index in [2.05, 4.69) is 5.32 Å². The number of carbonyl (C=O) groups is 1. The summed E-state index contributed by atoms with van der Waals surface area (Å²) >= 11 is 0. The molecule has 0 heterocycles. The van der Waals surface area contributed by atoms with Crippen LogP contribution in [-0.2, 0) is 21.2 Å². The van der Waals surface area contributed by atoms with Crippen molar-refractivity contribution < 1.29 is 27.4 Å². The standard InChI is InChI=1S/C30H35N3O6S/c1-4-37-26-17-21(11-16-25(26)38-19(2)3)28(39-23-12-9-20(10-13-23)29(31)32)30(34)33-18-22-7-5-6-8-27(22)40(35,36)24-14-15-24/h5-13,16-17,19,24,28H,4,14-15,18H2,1-3H3,(H3,31,32)(H,33,34). The van der Waals surface area contributed by atoms with Gasteiger partial charge in [-0.25, -0.2) is 8.42 Å². The predicted molar refractivity (Wildman–Crippen MR) is 153 cm³/mol. The van der Waals surface area contributed by atoms with Gasteiger partial charge in [0.2, 0.25) is 6.10 Å². The molecule has 0 aromatic heterocycles. The number of benzene rings is 3. The number of nitrogens with one attached hydrogen (secondary N) is 2. The third-order valence-electron chi connectivity index (χ3n) is 6.29. The van der Waals surface area contributed by atoms with Crippen molar-refractivity contribution in [1.82, 2.24) is 5.32 Å². The second kappa shape index (κ2) is 12.4. The van der Waals surface area contributed by atoms with E-state index < -0.39 is 21.8 Å². The maximum Gasteiger partial charge on any atom is 0.266 e. The zero-order valence-corrected chi connectivity index (χ0v) is 23.7. The van der Waals surface area contributed by atoms with Crippen LogP contribution in [0.3, 0.4) is 0 Å². The molecule has 0 aliphatic heterocycles. The van der Waals surface area contributed by atoms with Crippen molar-refractivity contribution in [1.29, 1.82) is 5.41 Å². The number of carbonyl (C=O) groups excluding carboxylic acids is 1. The molecular weight excluding hydrogens is 530 g/mol. The van der Waals surface area contributed by atoms with Gasteiger partial charge in [0.05, 0.1) is 22.9 Å². The molecule has 40 heavy (non-hydrogen) atoms. The smallest absolute Gasteiger partial charge is 0.266 e. The first-order chi connectivity index (χ1) is 19.1. The number of nitrogens with two attached hydrogens (primary N) is 1. The number of ether oxygens (including phenoxy) is 3. The Bertz CT molecular complexity index is 1470. The molecule has 1 unspecified atom stereocenters. The molecule has 0 spiro atoms. The minimum atomic E-state index is -3.44. The van der Waals surface area contributed by atoms with Crippen LogP contribution >= 0.6 is 0 Å². The van der Waals surface area contributed by atoms with Gasteiger partial charge in [-0.2, -0.15) is 0 Å². The lowest BCUT2D eigenvalue weighted by Gasteiger charge is -2.22. The normalized spacial score (nSPS) is 13.9. The zero-order chi connectivity index (χ0) is 28.9. The molecule has 3 aromatic carbocycles. The van der Waals surface area contributed by atoms with E-state index in [1.165, 1.54) is 0 Å². The first-order valence-electron chi connectivity index (χ1n) is 13.2. The van der Waals surface area contributed by atoms with Gasteiger partial charge in [-0.1, -0.05) is 24.3 Å². The van der Waals surface area contributed by atoms with Crippen molar-refractivity contribution >= 4 is 21.6 Å². The van der Waals surface area contributed by atoms with Crippen LogP contribution in [-0.4, -0.2) is 38.1 Å². The highest BCUT2D eigenvalue weighted by molar-refractivity contribution is 7.92. The van der Waals surface area contributed by atoms with Crippen LogP contribution in [0.5, 0.6) is 17.2 Å². The highest BCUT2D eigenvalue weighted by Crippen LogP contribution is 2.36. The molecule has 9 nitrogen and oxygen atoms in total. The third-order valence-corrected chi connectivity index (χ3v) is 8.65. The van der Waals surface area contributed by atoms with E-state index in [9.17, 15) is 13.2 Å². The fourth-order valence-corrected chi connectivity index (χ4v) is 6.08. The van der Waals surface area contributed by atoms with Crippen molar-refractivity contribution in [3.63, 3.8) is 0 Å². The largest absolute Gasteiger partial charge is 0.490 e. The Labute approximate surface area is 235 Å². The van der Waals surface area contributed by atoms with Crippen molar-refractivity contribution in [3.8, 4) is 17.2 Å². The lowest BCUT2D eigenvalue weighted by atomic mass is 10.1. The molecule has 212 valence electrons. The average Bonchev–Trinajstić information content (AvgIpc) is 3.78. The van der Waals surface area contributed by atoms with Gasteiger partial charge in [0.1, 0.15) is 11.6 Å². The Morgan fingerprint density at radius 3 is 2.35 bits per heavy atom. The Kier molecular flexibility index (Phi) is 8.99. The molecule has 1 aliphatic rings. The predicted octanol–water partition coefficient (Wildman–Crippen LogP) is 4.53. The highest BCUT2D eigenvalue weighted by Gasteiger charge is 2.38. The monoisotopic (exact) mass is 565 g/mol. The van der Waals surface area contributed by atoms with Gasteiger partial charge in [0.25, 0.3) is 5.91 Å². The first kappa shape index (κ1) is 28.9. The molecule has 1 aliphatic carbocycles. The fourth-order valence-electron chi connectivity index (χ4n) is 4.19. The number of amides is 1. The van der Waals surface area contributed by atoms with E-state index >= 15 is 0 Å². The van der Waals surface area contributed by atoms with E-state index in [1.807, 2.05) is 20.8 Å². The minimum Gasteiger partial charge on any atom is -0.490 e. The fraction of sp³-hybridized carbons (Fsp3) is 0.333. The molecule has 10 heteroatoms. The van der Waals surface area contributed by atoms with E-state index in [4.69, 9.17) is 25.4 Å². The maximum absolute atomic E-state index is 13.6. The van der Waals surface area contributed by atoms with Gasteiger partial charge in [0.15, 0.2) is 21.3 Å². The van der Waals surface area contributed by atoms with Gasteiger partial charge >= 0.3 is 0 Å². The van der Waals surface area contributed by atoms with Gasteiger partial charge in [0, 0.05) is 17.7 Å². The maximum atomic E-state index is 13.6. The second-order valence-corrected chi connectivity index (χ2v) is 12.0. The molecule has 0 bridgehead atoms. The number of hydrogen-bond acceptors (Lipinski definition) is 7. The summed E-state index contributed by atoms with van der Waals surface area (Å²) < 4.78 is 43.7. The topological polar surface area (TPSA) is 141 Å². The van der Waals surface area contributed by atoms with Crippen LogP contribution in [0.25, 0.3) is 0 Å². The molecule has 0 radical (unpaired) electrons. The highest BCUT2D eigenvalue weighted by atomic mass is 32.2. The van der Waals surface area contributed by atoms with Crippen molar-refractivity contribution in [2.45, 2.75) is 62.5 Å².